The minimum Gasteiger partial charge on any atom is -0.481 e. The molecule has 0 aromatic rings. The lowest BCUT2D eigenvalue weighted by molar-refractivity contribution is -0.141. The van der Waals surface area contributed by atoms with Gasteiger partial charge in [-0.2, -0.15) is 0 Å². The van der Waals surface area contributed by atoms with Gasteiger partial charge in [-0.15, -0.1) is 0 Å². The van der Waals surface area contributed by atoms with Crippen LogP contribution in [0.3, 0.4) is 0 Å². The Morgan fingerprint density at radius 1 is 1.32 bits per heavy atom. The first-order chi connectivity index (χ1) is 13.3. The van der Waals surface area contributed by atoms with Crippen molar-refractivity contribution in [2.24, 2.45) is 10.9 Å². The Bertz CT molecular complexity index is 693. The molecule has 0 bridgehead atoms. The molecule has 0 radical (unpaired) electrons. The second-order valence-electron chi connectivity index (χ2n) is 6.57. The summed E-state index contributed by atoms with van der Waals surface area (Å²) in [6.07, 6.45) is 0.964. The van der Waals surface area contributed by atoms with E-state index in [1.807, 2.05) is 0 Å². The number of nitrogens with zero attached hydrogens (tertiary/aromatic N) is 2. The number of carbonyl (C=O) groups excluding carboxylic acids is 4. The van der Waals surface area contributed by atoms with Gasteiger partial charge < -0.3 is 21.1 Å². The fraction of sp³-hybridized carbons (Fsp3) is 0.625. The number of guanidine groups is 1. The molecular weight excluding hydrogens is 372 g/mol. The van der Waals surface area contributed by atoms with E-state index in [4.69, 9.17) is 5.11 Å². The summed E-state index contributed by atoms with van der Waals surface area (Å²) in [5.41, 5.74) is 0. The summed E-state index contributed by atoms with van der Waals surface area (Å²) < 4.78 is 0. The van der Waals surface area contributed by atoms with Gasteiger partial charge in [-0.05, 0) is 12.8 Å². The first-order valence-corrected chi connectivity index (χ1v) is 8.97. The smallest absolute Gasteiger partial charge is 0.325 e. The van der Waals surface area contributed by atoms with Gasteiger partial charge in [-0.3, -0.25) is 34.4 Å². The maximum atomic E-state index is 12.3. The average molecular weight is 396 g/mol. The van der Waals surface area contributed by atoms with Crippen LogP contribution in [0.5, 0.6) is 0 Å². The van der Waals surface area contributed by atoms with Crippen molar-refractivity contribution in [1.29, 1.82) is 0 Å². The predicted octanol–water partition coefficient (Wildman–Crippen LogP) is -2.01. The van der Waals surface area contributed by atoms with Crippen molar-refractivity contribution in [1.82, 2.24) is 26.2 Å². The number of nitrogens with one attached hydrogen (secondary N) is 4. The fourth-order valence-corrected chi connectivity index (χ4v) is 2.56. The molecule has 1 fully saturated rings. The van der Waals surface area contributed by atoms with Crippen molar-refractivity contribution < 1.29 is 29.1 Å². The van der Waals surface area contributed by atoms with Gasteiger partial charge in [-0.1, -0.05) is 6.92 Å². The highest BCUT2D eigenvalue weighted by Gasteiger charge is 2.38. The van der Waals surface area contributed by atoms with E-state index < -0.39 is 42.3 Å². The molecular formula is C16H24N6O6. The van der Waals surface area contributed by atoms with Crippen molar-refractivity contribution in [2.75, 3.05) is 26.2 Å². The van der Waals surface area contributed by atoms with Gasteiger partial charge in [0.2, 0.25) is 11.8 Å². The number of urea groups is 1. The number of carbonyl (C=O) groups is 5. The normalized spacial score (nSPS) is 20.0. The minimum atomic E-state index is -1.07. The Hall–Kier alpha value is -3.18. The molecule has 0 aliphatic carbocycles. The summed E-state index contributed by atoms with van der Waals surface area (Å²) in [6.45, 7) is 2.15. The van der Waals surface area contributed by atoms with Crippen LogP contribution in [-0.2, 0) is 19.2 Å². The van der Waals surface area contributed by atoms with E-state index >= 15 is 0 Å². The molecule has 0 spiro atoms. The van der Waals surface area contributed by atoms with Gasteiger partial charge in [0.25, 0.3) is 5.91 Å². The van der Waals surface area contributed by atoms with Crippen molar-refractivity contribution in [2.45, 2.75) is 32.2 Å². The minimum absolute atomic E-state index is 0.00640. The molecule has 154 valence electrons. The molecule has 2 aliphatic heterocycles. The largest absolute Gasteiger partial charge is 0.481 e. The lowest BCUT2D eigenvalue weighted by Crippen LogP contribution is -2.44. The third kappa shape index (κ3) is 5.93. The average Bonchev–Trinajstić information content (AvgIpc) is 2.92. The third-order valence-corrected chi connectivity index (χ3v) is 4.25. The lowest BCUT2D eigenvalue weighted by atomic mass is 10.1. The zero-order valence-electron chi connectivity index (χ0n) is 15.5. The molecule has 12 nitrogen and oxygen atoms in total. The van der Waals surface area contributed by atoms with Gasteiger partial charge >= 0.3 is 12.0 Å². The highest BCUT2D eigenvalue weighted by molar-refractivity contribution is 6.06. The molecule has 0 saturated carbocycles. The second kappa shape index (κ2) is 9.67. The molecule has 5 N–H and O–H groups in total. The second-order valence-corrected chi connectivity index (χ2v) is 6.57. The van der Waals surface area contributed by atoms with E-state index in [0.29, 0.717) is 12.5 Å². The maximum absolute atomic E-state index is 12.3. The molecule has 12 heteroatoms. The first-order valence-electron chi connectivity index (χ1n) is 8.97. The highest BCUT2D eigenvalue weighted by atomic mass is 16.4. The zero-order chi connectivity index (χ0) is 20.7. The summed E-state index contributed by atoms with van der Waals surface area (Å²) in [6, 6.07) is -1.62. The Kier molecular flexibility index (Phi) is 7.29. The van der Waals surface area contributed by atoms with Crippen LogP contribution in [0.25, 0.3) is 0 Å². The van der Waals surface area contributed by atoms with E-state index in [1.54, 1.807) is 0 Å². The number of hydrogen-bond donors (Lipinski definition) is 5. The topological polar surface area (TPSA) is 169 Å². The Morgan fingerprint density at radius 3 is 2.71 bits per heavy atom. The molecule has 5 amide bonds. The molecule has 2 aliphatic rings. The van der Waals surface area contributed by atoms with Gasteiger partial charge in [0.1, 0.15) is 12.6 Å². The Morgan fingerprint density at radius 2 is 2.07 bits per heavy atom. The standard InChI is InChI=1S/C16H24N6O6/c1-9(14(26)27)7-19-12(24)8-22-13(25)10(20-16(22)28)3-4-11(23)21-15-17-5-2-6-18-15/h9-10H,2-8H2,1H3,(H,19,24)(H,20,28)(H,26,27)(H2,17,18,21,23). The number of carboxylic acid groups (broad SMARTS) is 1. The fourth-order valence-electron chi connectivity index (χ4n) is 2.56. The van der Waals surface area contributed by atoms with Crippen LogP contribution in [-0.4, -0.2) is 77.9 Å². The number of carboxylic acids is 1. The number of aliphatic imine (C=N–C) groups is 1. The summed E-state index contributed by atoms with van der Waals surface area (Å²) >= 11 is 0. The number of rotatable bonds is 8. The summed E-state index contributed by atoms with van der Waals surface area (Å²) in [5, 5.41) is 19.1. The van der Waals surface area contributed by atoms with Crippen molar-refractivity contribution >= 4 is 35.7 Å². The summed E-state index contributed by atoms with van der Waals surface area (Å²) in [4.78, 5) is 63.6. The van der Waals surface area contributed by atoms with Gasteiger partial charge in [0, 0.05) is 26.1 Å². The molecule has 2 atom stereocenters. The first kappa shape index (κ1) is 21.1. The number of aliphatic carboxylic acids is 1. The molecule has 1 saturated heterocycles. The van der Waals surface area contributed by atoms with E-state index in [2.05, 4.69) is 26.3 Å². The van der Waals surface area contributed by atoms with Gasteiger partial charge in [-0.25, -0.2) is 4.79 Å². The molecule has 0 aromatic carbocycles. The molecule has 0 aromatic heterocycles. The van der Waals surface area contributed by atoms with Crippen LogP contribution in [0.15, 0.2) is 4.99 Å². The number of amides is 5. The Labute approximate surface area is 161 Å². The highest BCUT2D eigenvalue weighted by Crippen LogP contribution is 2.11. The SMILES string of the molecule is CC(CNC(=O)CN1C(=O)NC(CCC(=O)NC2=NCCCN2)C1=O)C(=O)O. The molecule has 28 heavy (non-hydrogen) atoms. The third-order valence-electron chi connectivity index (χ3n) is 4.25. The quantitative estimate of drug-likeness (QED) is 0.295. The van der Waals surface area contributed by atoms with Gasteiger partial charge in [0.05, 0.1) is 5.92 Å². The number of imide groups is 1. The van der Waals surface area contributed by atoms with Crippen LogP contribution >= 0.6 is 0 Å². The molecule has 2 unspecified atom stereocenters. The van der Waals surface area contributed by atoms with Crippen LogP contribution < -0.4 is 21.3 Å². The predicted molar refractivity (Wildman–Crippen MR) is 96.1 cm³/mol. The summed E-state index contributed by atoms with van der Waals surface area (Å²) in [5.74, 6) is -3.05. The molecule has 2 rings (SSSR count). The van der Waals surface area contributed by atoms with E-state index in [0.717, 1.165) is 17.9 Å². The monoisotopic (exact) mass is 396 g/mol. The van der Waals surface area contributed by atoms with E-state index in [-0.39, 0.29) is 25.3 Å². The summed E-state index contributed by atoms with van der Waals surface area (Å²) in [7, 11) is 0. The van der Waals surface area contributed by atoms with Crippen LogP contribution in [0, 0.1) is 5.92 Å². The van der Waals surface area contributed by atoms with Crippen molar-refractivity contribution in [3.05, 3.63) is 0 Å². The van der Waals surface area contributed by atoms with Crippen molar-refractivity contribution in [3.63, 3.8) is 0 Å². The zero-order valence-corrected chi connectivity index (χ0v) is 15.5. The lowest BCUT2D eigenvalue weighted by Gasteiger charge is -2.15. The Balaban J connectivity index is 1.77. The maximum Gasteiger partial charge on any atom is 0.325 e. The molecule has 2 heterocycles. The van der Waals surface area contributed by atoms with Crippen LogP contribution in [0.1, 0.15) is 26.2 Å². The van der Waals surface area contributed by atoms with Crippen molar-refractivity contribution in [3.8, 4) is 0 Å². The van der Waals surface area contributed by atoms with Crippen LogP contribution in [0.2, 0.25) is 0 Å². The van der Waals surface area contributed by atoms with Crippen LogP contribution in [0.4, 0.5) is 4.79 Å². The van der Waals surface area contributed by atoms with E-state index in [9.17, 15) is 24.0 Å². The van der Waals surface area contributed by atoms with Gasteiger partial charge in [0.15, 0.2) is 5.96 Å². The number of hydrogen-bond acceptors (Lipinski definition) is 7. The van der Waals surface area contributed by atoms with E-state index in [1.165, 1.54) is 6.92 Å².